The third-order valence-electron chi connectivity index (χ3n) is 3.37. The Kier molecular flexibility index (Phi) is 12.9. The lowest BCUT2D eigenvalue weighted by Crippen LogP contribution is -2.26. The largest absolute Gasteiger partial charge is 0.463 e. The molecule has 0 aromatic carbocycles. The van der Waals surface area contributed by atoms with Gasteiger partial charge >= 0.3 is 23.9 Å². The second-order valence-corrected chi connectivity index (χ2v) is 5.68. The minimum atomic E-state index is -0.904. The molecule has 0 aliphatic rings. The molecule has 0 rings (SSSR count). The van der Waals surface area contributed by atoms with Crippen LogP contribution in [0.1, 0.15) is 66.2 Å². The van der Waals surface area contributed by atoms with Crippen LogP contribution in [0, 0.1) is 0 Å². The summed E-state index contributed by atoms with van der Waals surface area (Å²) in [6.07, 6.45) is 1.28. The van der Waals surface area contributed by atoms with Gasteiger partial charge in [-0.25, -0.2) is 9.59 Å². The average molecular weight is 374 g/mol. The predicted molar refractivity (Wildman–Crippen MR) is 92.1 cm³/mol. The molecule has 2 unspecified atom stereocenters. The Labute approximate surface area is 154 Å². The van der Waals surface area contributed by atoms with Gasteiger partial charge in [-0.05, 0) is 40.5 Å². The van der Waals surface area contributed by atoms with E-state index >= 15 is 0 Å². The molecule has 0 aliphatic heterocycles. The number of ether oxygens (including phenoxy) is 4. The van der Waals surface area contributed by atoms with Crippen molar-refractivity contribution >= 4 is 23.9 Å². The van der Waals surface area contributed by atoms with E-state index in [4.69, 9.17) is 18.9 Å². The van der Waals surface area contributed by atoms with Crippen LogP contribution >= 0.6 is 0 Å². The zero-order valence-electron chi connectivity index (χ0n) is 16.1. The Morgan fingerprint density at radius 3 is 1.31 bits per heavy atom. The summed E-state index contributed by atoms with van der Waals surface area (Å²) in [7, 11) is 0. The first-order valence-corrected chi connectivity index (χ1v) is 9.04. The van der Waals surface area contributed by atoms with Crippen molar-refractivity contribution < 1.29 is 38.1 Å². The SMILES string of the molecule is CCOC(=O)C(C)OC(=O)CCCCCCC(=O)OC(C)C(=O)OCC. The fourth-order valence-electron chi connectivity index (χ4n) is 2.02. The number of carbonyl (C=O) groups is 4. The van der Waals surface area contributed by atoms with Crippen molar-refractivity contribution in [1.29, 1.82) is 0 Å². The summed E-state index contributed by atoms with van der Waals surface area (Å²) in [5, 5.41) is 0. The summed E-state index contributed by atoms with van der Waals surface area (Å²) in [6, 6.07) is 0. The Morgan fingerprint density at radius 1 is 0.654 bits per heavy atom. The molecule has 26 heavy (non-hydrogen) atoms. The molecule has 0 amide bonds. The fourth-order valence-corrected chi connectivity index (χ4v) is 2.02. The summed E-state index contributed by atoms with van der Waals surface area (Å²) >= 11 is 0. The van der Waals surface area contributed by atoms with Crippen LogP contribution in [0.3, 0.4) is 0 Å². The summed E-state index contributed by atoms with van der Waals surface area (Å²) in [4.78, 5) is 45.9. The first-order chi connectivity index (χ1) is 12.3. The predicted octanol–water partition coefficient (Wildman–Crippen LogP) is 2.32. The molecule has 0 fully saturated rings. The Bertz CT molecular complexity index is 418. The van der Waals surface area contributed by atoms with Crippen molar-refractivity contribution in [3.8, 4) is 0 Å². The topological polar surface area (TPSA) is 105 Å². The maximum atomic E-state index is 11.6. The molecule has 0 aromatic heterocycles. The molecule has 8 heteroatoms. The van der Waals surface area contributed by atoms with Gasteiger partial charge in [0, 0.05) is 12.8 Å². The van der Waals surface area contributed by atoms with Crippen molar-refractivity contribution in [1.82, 2.24) is 0 Å². The van der Waals surface area contributed by atoms with E-state index in [0.717, 1.165) is 12.8 Å². The van der Waals surface area contributed by atoms with Crippen LogP contribution in [0.2, 0.25) is 0 Å². The zero-order chi connectivity index (χ0) is 19.9. The van der Waals surface area contributed by atoms with E-state index in [9.17, 15) is 19.2 Å². The number of hydrogen-bond acceptors (Lipinski definition) is 8. The molecule has 0 saturated carbocycles. The van der Waals surface area contributed by atoms with Crippen molar-refractivity contribution in [2.75, 3.05) is 13.2 Å². The van der Waals surface area contributed by atoms with Crippen LogP contribution in [0.15, 0.2) is 0 Å². The van der Waals surface area contributed by atoms with Gasteiger partial charge in [-0.1, -0.05) is 12.8 Å². The highest BCUT2D eigenvalue weighted by Gasteiger charge is 2.19. The minimum Gasteiger partial charge on any atom is -0.463 e. The van der Waals surface area contributed by atoms with Crippen LogP contribution in [-0.4, -0.2) is 49.3 Å². The van der Waals surface area contributed by atoms with Crippen LogP contribution in [-0.2, 0) is 38.1 Å². The first kappa shape index (κ1) is 23.9. The molecule has 0 heterocycles. The third-order valence-corrected chi connectivity index (χ3v) is 3.37. The molecule has 0 radical (unpaired) electrons. The third kappa shape index (κ3) is 11.4. The van der Waals surface area contributed by atoms with Gasteiger partial charge in [-0.15, -0.1) is 0 Å². The van der Waals surface area contributed by atoms with Crippen molar-refractivity contribution in [3.63, 3.8) is 0 Å². The molecule has 0 bridgehead atoms. The maximum Gasteiger partial charge on any atom is 0.347 e. The van der Waals surface area contributed by atoms with Gasteiger partial charge in [0.2, 0.25) is 0 Å². The van der Waals surface area contributed by atoms with Gasteiger partial charge in [-0.3, -0.25) is 9.59 Å². The molecular formula is C18H30O8. The van der Waals surface area contributed by atoms with Crippen LogP contribution in [0.4, 0.5) is 0 Å². The summed E-state index contributed by atoms with van der Waals surface area (Å²) < 4.78 is 19.4. The van der Waals surface area contributed by atoms with Gasteiger partial charge in [0.05, 0.1) is 13.2 Å². The highest BCUT2D eigenvalue weighted by atomic mass is 16.6. The fraction of sp³-hybridized carbons (Fsp3) is 0.778. The van der Waals surface area contributed by atoms with E-state index in [1.54, 1.807) is 13.8 Å². The number of unbranched alkanes of at least 4 members (excludes halogenated alkanes) is 3. The molecule has 0 aliphatic carbocycles. The summed E-state index contributed by atoms with van der Waals surface area (Å²) in [5.74, 6) is -2.02. The molecule has 8 nitrogen and oxygen atoms in total. The van der Waals surface area contributed by atoms with E-state index in [-0.39, 0.29) is 26.1 Å². The Hall–Kier alpha value is -2.12. The lowest BCUT2D eigenvalue weighted by molar-refractivity contribution is -0.166. The highest BCUT2D eigenvalue weighted by Crippen LogP contribution is 2.09. The second-order valence-electron chi connectivity index (χ2n) is 5.68. The molecule has 0 spiro atoms. The van der Waals surface area contributed by atoms with E-state index in [0.29, 0.717) is 12.8 Å². The van der Waals surface area contributed by atoms with Crippen molar-refractivity contribution in [2.24, 2.45) is 0 Å². The number of rotatable bonds is 13. The minimum absolute atomic E-state index is 0.202. The Morgan fingerprint density at radius 2 is 1.00 bits per heavy atom. The van der Waals surface area contributed by atoms with Crippen LogP contribution < -0.4 is 0 Å². The number of hydrogen-bond donors (Lipinski definition) is 0. The van der Waals surface area contributed by atoms with Crippen molar-refractivity contribution in [3.05, 3.63) is 0 Å². The first-order valence-electron chi connectivity index (χ1n) is 9.04. The van der Waals surface area contributed by atoms with E-state index in [1.165, 1.54) is 13.8 Å². The molecule has 0 aromatic rings. The average Bonchev–Trinajstić information content (AvgIpc) is 2.58. The smallest absolute Gasteiger partial charge is 0.347 e. The second kappa shape index (κ2) is 14.1. The summed E-state index contributed by atoms with van der Waals surface area (Å²) in [5.41, 5.74) is 0. The van der Waals surface area contributed by atoms with Gasteiger partial charge in [-0.2, -0.15) is 0 Å². The number of carbonyl (C=O) groups excluding carboxylic acids is 4. The van der Waals surface area contributed by atoms with Gasteiger partial charge in [0.25, 0.3) is 0 Å². The quantitative estimate of drug-likeness (QED) is 0.275. The zero-order valence-corrected chi connectivity index (χ0v) is 16.1. The maximum absolute atomic E-state index is 11.6. The highest BCUT2D eigenvalue weighted by molar-refractivity contribution is 5.79. The van der Waals surface area contributed by atoms with E-state index < -0.39 is 36.1 Å². The van der Waals surface area contributed by atoms with E-state index in [1.807, 2.05) is 0 Å². The standard InChI is InChI=1S/C18H30O8/c1-5-23-17(21)13(3)25-15(19)11-9-7-8-10-12-16(20)26-14(4)18(22)24-6-2/h13-14H,5-12H2,1-4H3. The summed E-state index contributed by atoms with van der Waals surface area (Å²) in [6.45, 7) is 6.78. The van der Waals surface area contributed by atoms with Gasteiger partial charge in [0.15, 0.2) is 12.2 Å². The van der Waals surface area contributed by atoms with Gasteiger partial charge in [0.1, 0.15) is 0 Å². The van der Waals surface area contributed by atoms with Crippen LogP contribution in [0.25, 0.3) is 0 Å². The molecule has 0 N–H and O–H groups in total. The molecule has 2 atom stereocenters. The molecule has 150 valence electrons. The normalized spacial score (nSPS) is 12.6. The van der Waals surface area contributed by atoms with Gasteiger partial charge < -0.3 is 18.9 Å². The van der Waals surface area contributed by atoms with Crippen LogP contribution in [0.5, 0.6) is 0 Å². The number of esters is 4. The lowest BCUT2D eigenvalue weighted by atomic mass is 10.1. The van der Waals surface area contributed by atoms with Crippen molar-refractivity contribution in [2.45, 2.75) is 78.4 Å². The molecular weight excluding hydrogens is 344 g/mol. The monoisotopic (exact) mass is 374 g/mol. The van der Waals surface area contributed by atoms with E-state index in [2.05, 4.69) is 0 Å². The Balaban J connectivity index is 3.74. The lowest BCUT2D eigenvalue weighted by Gasteiger charge is -2.12. The molecule has 0 saturated heterocycles.